The molecule has 6 heteroatoms. The molecule has 0 unspecified atom stereocenters. The summed E-state index contributed by atoms with van der Waals surface area (Å²) in [4.78, 5) is 34.2. The number of rotatable bonds is 4. The molecule has 0 bridgehead atoms. The maximum absolute atomic E-state index is 12.7. The lowest BCUT2D eigenvalue weighted by Crippen LogP contribution is -2.30. The largest absolute Gasteiger partial charge is 0.496 e. The topological polar surface area (TPSA) is 75.3 Å². The highest BCUT2D eigenvalue weighted by molar-refractivity contribution is 5.80. The molecule has 28 heavy (non-hydrogen) atoms. The Balaban J connectivity index is 1.47. The molecule has 1 aromatic carbocycles. The predicted molar refractivity (Wildman–Crippen MR) is 108 cm³/mol. The Kier molecular flexibility index (Phi) is 4.86. The summed E-state index contributed by atoms with van der Waals surface area (Å²) in [5, 5.41) is 0.590. The lowest BCUT2D eigenvalue weighted by atomic mass is 10.0. The van der Waals surface area contributed by atoms with Gasteiger partial charge in [0.15, 0.2) is 0 Å². The van der Waals surface area contributed by atoms with Crippen LogP contribution in [-0.4, -0.2) is 41.0 Å². The third-order valence-electron chi connectivity index (χ3n) is 5.43. The summed E-state index contributed by atoms with van der Waals surface area (Å²) in [5.41, 5.74) is 3.43. The summed E-state index contributed by atoms with van der Waals surface area (Å²) in [6, 6.07) is 11.3. The molecule has 6 nitrogen and oxygen atoms in total. The number of nitrogens with zero attached hydrogens (tertiary/aromatic N) is 2. The number of nitrogens with one attached hydrogen (secondary N) is 1. The number of hydrogen-bond acceptors (Lipinski definition) is 4. The first-order valence-corrected chi connectivity index (χ1v) is 9.44. The van der Waals surface area contributed by atoms with E-state index in [9.17, 15) is 9.59 Å². The van der Waals surface area contributed by atoms with E-state index < -0.39 is 0 Å². The summed E-state index contributed by atoms with van der Waals surface area (Å²) in [6.07, 6.45) is 2.89. The number of hydrogen-bond donors (Lipinski definition) is 1. The highest BCUT2D eigenvalue weighted by atomic mass is 16.5. The van der Waals surface area contributed by atoms with Crippen LogP contribution in [0.25, 0.3) is 10.9 Å². The molecule has 0 saturated carbocycles. The zero-order chi connectivity index (χ0) is 19.7. The second kappa shape index (κ2) is 7.46. The van der Waals surface area contributed by atoms with E-state index in [1.54, 1.807) is 25.4 Å². The van der Waals surface area contributed by atoms with Crippen molar-refractivity contribution in [1.82, 2.24) is 14.9 Å². The Labute approximate surface area is 163 Å². The second-order valence-corrected chi connectivity index (χ2v) is 7.30. The van der Waals surface area contributed by atoms with Crippen LogP contribution in [0, 0.1) is 6.92 Å². The van der Waals surface area contributed by atoms with Gasteiger partial charge in [-0.1, -0.05) is 12.1 Å². The van der Waals surface area contributed by atoms with Crippen LogP contribution in [0.3, 0.4) is 0 Å². The van der Waals surface area contributed by atoms with Crippen molar-refractivity contribution >= 4 is 16.8 Å². The van der Waals surface area contributed by atoms with E-state index >= 15 is 0 Å². The number of carbonyl (C=O) groups excluding carboxylic acids is 1. The SMILES string of the molecule is COc1ccc(CC(=O)N2CC[C@H](c3cc4ncccc4c(=O)[nH]3)C2)cc1C. The molecule has 1 N–H and O–H groups in total. The fourth-order valence-corrected chi connectivity index (χ4v) is 3.90. The summed E-state index contributed by atoms with van der Waals surface area (Å²) in [6.45, 7) is 3.28. The van der Waals surface area contributed by atoms with E-state index in [0.717, 1.165) is 29.0 Å². The van der Waals surface area contributed by atoms with Crippen molar-refractivity contribution in [3.05, 3.63) is 69.8 Å². The number of methoxy groups -OCH3 is 1. The summed E-state index contributed by atoms with van der Waals surface area (Å²) in [5.74, 6) is 1.06. The zero-order valence-corrected chi connectivity index (χ0v) is 16.1. The molecule has 2 aromatic heterocycles. The van der Waals surface area contributed by atoms with Gasteiger partial charge < -0.3 is 14.6 Å². The number of H-pyrrole nitrogens is 1. The minimum atomic E-state index is -0.126. The van der Waals surface area contributed by atoms with Crippen molar-refractivity contribution < 1.29 is 9.53 Å². The smallest absolute Gasteiger partial charge is 0.257 e. The fourth-order valence-electron chi connectivity index (χ4n) is 3.90. The van der Waals surface area contributed by atoms with Gasteiger partial charge in [0.05, 0.1) is 24.4 Å². The van der Waals surface area contributed by atoms with Crippen LogP contribution in [0.5, 0.6) is 5.75 Å². The standard InChI is InChI=1S/C22H23N3O3/c1-14-10-15(5-6-20(14)28-2)11-21(26)25-9-7-16(13-25)18-12-19-17(22(27)24-18)4-3-8-23-19/h3-6,8,10,12,16H,7,9,11,13H2,1-2H3,(H,24,27)/t16-/m0/s1. The van der Waals surface area contributed by atoms with Crippen molar-refractivity contribution in [2.24, 2.45) is 0 Å². The molecular weight excluding hydrogens is 354 g/mol. The number of aryl methyl sites for hydroxylation is 1. The average Bonchev–Trinajstić information content (AvgIpc) is 3.19. The maximum Gasteiger partial charge on any atom is 0.257 e. The molecule has 0 spiro atoms. The zero-order valence-electron chi connectivity index (χ0n) is 16.1. The van der Waals surface area contributed by atoms with Crippen LogP contribution in [-0.2, 0) is 11.2 Å². The highest BCUT2D eigenvalue weighted by Gasteiger charge is 2.28. The van der Waals surface area contributed by atoms with Crippen LogP contribution in [0.2, 0.25) is 0 Å². The molecule has 1 aliphatic rings. The molecule has 3 heterocycles. The van der Waals surface area contributed by atoms with Gasteiger partial charge in [0.2, 0.25) is 5.91 Å². The normalized spacial score (nSPS) is 16.5. The van der Waals surface area contributed by atoms with E-state index in [0.29, 0.717) is 30.4 Å². The second-order valence-electron chi connectivity index (χ2n) is 7.30. The number of aromatic amines is 1. The maximum atomic E-state index is 12.7. The van der Waals surface area contributed by atoms with Gasteiger partial charge in [-0.25, -0.2) is 0 Å². The van der Waals surface area contributed by atoms with Gasteiger partial charge in [-0.05, 0) is 48.7 Å². The molecule has 1 saturated heterocycles. The van der Waals surface area contributed by atoms with Crippen LogP contribution in [0.4, 0.5) is 0 Å². The molecule has 1 aliphatic heterocycles. The third kappa shape index (κ3) is 3.50. The fraction of sp³-hybridized carbons (Fsp3) is 0.318. The van der Waals surface area contributed by atoms with E-state index in [1.807, 2.05) is 36.1 Å². The summed E-state index contributed by atoms with van der Waals surface area (Å²) >= 11 is 0. The Hall–Kier alpha value is -3.15. The minimum Gasteiger partial charge on any atom is -0.496 e. The molecule has 1 fully saturated rings. The van der Waals surface area contributed by atoms with Gasteiger partial charge in [0.25, 0.3) is 5.56 Å². The number of carbonyl (C=O) groups is 1. The number of aromatic nitrogens is 2. The molecule has 3 aromatic rings. The lowest BCUT2D eigenvalue weighted by molar-refractivity contribution is -0.129. The molecule has 1 atom stereocenters. The monoisotopic (exact) mass is 377 g/mol. The number of fused-ring (bicyclic) bond motifs is 1. The Bertz CT molecular complexity index is 1090. The van der Waals surface area contributed by atoms with Crippen molar-refractivity contribution in [2.75, 3.05) is 20.2 Å². The highest BCUT2D eigenvalue weighted by Crippen LogP contribution is 2.27. The van der Waals surface area contributed by atoms with Gasteiger partial charge in [-0.2, -0.15) is 0 Å². The van der Waals surface area contributed by atoms with E-state index in [2.05, 4.69) is 9.97 Å². The first-order chi connectivity index (χ1) is 13.5. The predicted octanol–water partition coefficient (Wildman–Crippen LogP) is 2.80. The quantitative estimate of drug-likeness (QED) is 0.759. The van der Waals surface area contributed by atoms with E-state index in [1.165, 1.54) is 0 Å². The van der Waals surface area contributed by atoms with E-state index in [-0.39, 0.29) is 17.4 Å². The van der Waals surface area contributed by atoms with Gasteiger partial charge in [0.1, 0.15) is 5.75 Å². The molecule has 0 aliphatic carbocycles. The first-order valence-electron chi connectivity index (χ1n) is 9.44. The average molecular weight is 377 g/mol. The summed E-state index contributed by atoms with van der Waals surface area (Å²) in [7, 11) is 1.64. The Morgan fingerprint density at radius 1 is 1.32 bits per heavy atom. The number of pyridine rings is 2. The lowest BCUT2D eigenvalue weighted by Gasteiger charge is -2.17. The first kappa shape index (κ1) is 18.2. The molecule has 0 radical (unpaired) electrons. The van der Waals surface area contributed by atoms with Crippen molar-refractivity contribution in [3.63, 3.8) is 0 Å². The molecule has 1 amide bonds. The van der Waals surface area contributed by atoms with Crippen molar-refractivity contribution in [3.8, 4) is 5.75 Å². The van der Waals surface area contributed by atoms with Gasteiger partial charge in [-0.3, -0.25) is 14.6 Å². The van der Waals surface area contributed by atoms with Crippen LogP contribution in [0.15, 0.2) is 47.4 Å². The molecular formula is C22H23N3O3. The molecule has 144 valence electrons. The van der Waals surface area contributed by atoms with E-state index in [4.69, 9.17) is 4.74 Å². The summed E-state index contributed by atoms with van der Waals surface area (Å²) < 4.78 is 5.28. The third-order valence-corrected chi connectivity index (χ3v) is 5.43. The Morgan fingerprint density at radius 3 is 2.96 bits per heavy atom. The van der Waals surface area contributed by atoms with Gasteiger partial charge >= 0.3 is 0 Å². The minimum absolute atomic E-state index is 0.105. The van der Waals surface area contributed by atoms with Crippen molar-refractivity contribution in [1.29, 1.82) is 0 Å². The van der Waals surface area contributed by atoms with Crippen LogP contribution in [0.1, 0.15) is 29.2 Å². The number of ether oxygens (including phenoxy) is 1. The number of benzene rings is 1. The number of likely N-dealkylation sites (tertiary alicyclic amines) is 1. The van der Waals surface area contributed by atoms with Crippen LogP contribution >= 0.6 is 0 Å². The number of amides is 1. The van der Waals surface area contributed by atoms with Crippen molar-refractivity contribution in [2.45, 2.75) is 25.7 Å². The van der Waals surface area contributed by atoms with Gasteiger partial charge in [-0.15, -0.1) is 0 Å². The van der Waals surface area contributed by atoms with Gasteiger partial charge in [0, 0.05) is 30.9 Å². The molecule has 4 rings (SSSR count). The van der Waals surface area contributed by atoms with Crippen LogP contribution < -0.4 is 10.3 Å². The Morgan fingerprint density at radius 2 is 2.18 bits per heavy atom.